The fourth-order valence-corrected chi connectivity index (χ4v) is 5.13. The van der Waals surface area contributed by atoms with Crippen LogP contribution in [0.5, 0.6) is 0 Å². The van der Waals surface area contributed by atoms with Crippen LogP contribution in [-0.2, 0) is 4.74 Å². The molecule has 5 rings (SSSR count). The summed E-state index contributed by atoms with van der Waals surface area (Å²) in [5, 5.41) is 14.4. The lowest BCUT2D eigenvalue weighted by Gasteiger charge is -2.29. The molecule has 8 heteroatoms. The van der Waals surface area contributed by atoms with E-state index in [9.17, 15) is 4.39 Å². The van der Waals surface area contributed by atoms with Gasteiger partial charge in [-0.05, 0) is 56.5 Å². The number of hydrogen-bond acceptors (Lipinski definition) is 7. The lowest BCUT2D eigenvalue weighted by Crippen LogP contribution is -2.37. The summed E-state index contributed by atoms with van der Waals surface area (Å²) in [6.07, 6.45) is 2.53. The molecule has 3 aliphatic heterocycles. The third-order valence-electron chi connectivity index (χ3n) is 6.68. The van der Waals surface area contributed by atoms with Crippen LogP contribution >= 0.6 is 0 Å². The Hall–Kier alpha value is -2.58. The van der Waals surface area contributed by atoms with Crippen LogP contribution in [0.25, 0.3) is 0 Å². The minimum Gasteiger partial charge on any atom is -0.374 e. The Labute approximate surface area is 181 Å². The summed E-state index contributed by atoms with van der Waals surface area (Å²) in [5.74, 6) is 2.14. The molecule has 0 spiro atoms. The van der Waals surface area contributed by atoms with Crippen LogP contribution in [0.15, 0.2) is 18.2 Å². The van der Waals surface area contributed by atoms with E-state index in [1.165, 1.54) is 6.21 Å². The summed E-state index contributed by atoms with van der Waals surface area (Å²) in [7, 11) is 0. The van der Waals surface area contributed by atoms with E-state index >= 15 is 0 Å². The van der Waals surface area contributed by atoms with Crippen molar-refractivity contribution < 1.29 is 9.13 Å². The van der Waals surface area contributed by atoms with Gasteiger partial charge in [-0.3, -0.25) is 0 Å². The van der Waals surface area contributed by atoms with E-state index in [0.29, 0.717) is 30.3 Å². The molecule has 3 saturated heterocycles. The Morgan fingerprint density at radius 3 is 2.87 bits per heavy atom. The normalized spacial score (nSPS) is 27.5. The number of hydrogen-bond donors (Lipinski definition) is 3. The Morgan fingerprint density at radius 2 is 2.16 bits per heavy atom. The van der Waals surface area contributed by atoms with Crippen molar-refractivity contribution in [3.63, 3.8) is 0 Å². The first-order valence-corrected chi connectivity index (χ1v) is 11.0. The van der Waals surface area contributed by atoms with Gasteiger partial charge in [0, 0.05) is 42.5 Å². The number of aromatic nitrogens is 2. The quantitative estimate of drug-likeness (QED) is 0.639. The summed E-state index contributed by atoms with van der Waals surface area (Å²) in [6, 6.07) is 6.30. The topological polar surface area (TPSA) is 86.2 Å². The van der Waals surface area contributed by atoms with Crippen LogP contribution in [0.1, 0.15) is 41.3 Å². The molecule has 4 heterocycles. The molecule has 2 aromatic rings. The molecule has 4 atom stereocenters. The van der Waals surface area contributed by atoms with Gasteiger partial charge in [0.25, 0.3) is 0 Å². The van der Waals surface area contributed by atoms with Gasteiger partial charge in [-0.2, -0.15) is 0 Å². The van der Waals surface area contributed by atoms with E-state index in [2.05, 4.69) is 25.5 Å². The van der Waals surface area contributed by atoms with E-state index in [1.807, 2.05) is 32.0 Å². The third kappa shape index (κ3) is 3.90. The number of nitrogens with one attached hydrogen (secondary N) is 3. The third-order valence-corrected chi connectivity index (χ3v) is 6.68. The zero-order valence-corrected chi connectivity index (χ0v) is 18.0. The number of fused-ring (bicyclic) bond motifs is 2. The number of rotatable bonds is 5. The van der Waals surface area contributed by atoms with Crippen molar-refractivity contribution >= 4 is 23.5 Å². The summed E-state index contributed by atoms with van der Waals surface area (Å²) in [4.78, 5) is 11.5. The van der Waals surface area contributed by atoms with Gasteiger partial charge in [-0.1, -0.05) is 0 Å². The maximum Gasteiger partial charge on any atom is 0.136 e. The van der Waals surface area contributed by atoms with Gasteiger partial charge in [-0.15, -0.1) is 0 Å². The largest absolute Gasteiger partial charge is 0.374 e. The molecular formula is C23H29FN6O. The highest BCUT2D eigenvalue weighted by atomic mass is 19.1. The number of anilines is 3. The molecule has 3 aliphatic rings. The van der Waals surface area contributed by atoms with E-state index in [-0.39, 0.29) is 5.92 Å². The van der Waals surface area contributed by atoms with E-state index in [1.54, 1.807) is 0 Å². The van der Waals surface area contributed by atoms with Gasteiger partial charge in [0.15, 0.2) is 0 Å². The predicted octanol–water partition coefficient (Wildman–Crippen LogP) is 3.23. The van der Waals surface area contributed by atoms with Crippen molar-refractivity contribution in [2.45, 2.75) is 50.9 Å². The second kappa shape index (κ2) is 8.16. The van der Waals surface area contributed by atoms with Crippen molar-refractivity contribution in [1.82, 2.24) is 15.3 Å². The molecule has 3 N–H and O–H groups in total. The molecule has 31 heavy (non-hydrogen) atoms. The highest BCUT2D eigenvalue weighted by Gasteiger charge is 2.39. The Morgan fingerprint density at radius 1 is 1.29 bits per heavy atom. The lowest BCUT2D eigenvalue weighted by molar-refractivity contribution is 0.0989. The van der Waals surface area contributed by atoms with Crippen molar-refractivity contribution in [3.05, 3.63) is 40.7 Å². The van der Waals surface area contributed by atoms with E-state index in [0.717, 1.165) is 60.7 Å². The van der Waals surface area contributed by atoms with Crippen LogP contribution in [0.4, 0.5) is 21.7 Å². The molecule has 4 unspecified atom stereocenters. The number of piperidine rings is 1. The molecule has 3 fully saturated rings. The van der Waals surface area contributed by atoms with Crippen molar-refractivity contribution in [1.29, 1.82) is 5.41 Å². The predicted molar refractivity (Wildman–Crippen MR) is 120 cm³/mol. The first-order chi connectivity index (χ1) is 15.0. The van der Waals surface area contributed by atoms with E-state index < -0.39 is 6.17 Å². The number of aryl methyl sites for hydroxylation is 2. The fraction of sp³-hybridized carbons (Fsp3) is 0.522. The summed E-state index contributed by atoms with van der Waals surface area (Å²) in [5.41, 5.74) is 3.56. The molecule has 0 radical (unpaired) electrons. The molecule has 0 saturated carbocycles. The van der Waals surface area contributed by atoms with Crippen molar-refractivity contribution in [3.8, 4) is 0 Å². The number of morpholine rings is 1. The van der Waals surface area contributed by atoms with Crippen LogP contribution in [0.3, 0.4) is 0 Å². The molecule has 7 nitrogen and oxygen atoms in total. The summed E-state index contributed by atoms with van der Waals surface area (Å²) < 4.78 is 20.4. The zero-order chi connectivity index (χ0) is 21.5. The molecule has 0 aliphatic carbocycles. The zero-order valence-electron chi connectivity index (χ0n) is 18.0. The van der Waals surface area contributed by atoms with Crippen molar-refractivity contribution in [2.75, 3.05) is 36.5 Å². The Kier molecular flexibility index (Phi) is 5.35. The van der Waals surface area contributed by atoms with E-state index in [4.69, 9.17) is 10.1 Å². The number of alkyl halides is 1. The number of nitrogens with zero attached hydrogens (tertiary/aromatic N) is 3. The second-order valence-corrected chi connectivity index (χ2v) is 8.84. The number of halogens is 1. The Bertz CT molecular complexity index is 998. The molecule has 2 bridgehead atoms. The number of benzene rings is 1. The smallest absolute Gasteiger partial charge is 0.136 e. The van der Waals surface area contributed by atoms with Crippen LogP contribution < -0.4 is 15.5 Å². The summed E-state index contributed by atoms with van der Waals surface area (Å²) >= 11 is 0. The van der Waals surface area contributed by atoms with Gasteiger partial charge in [-0.25, -0.2) is 14.4 Å². The highest BCUT2D eigenvalue weighted by molar-refractivity contribution is 5.88. The highest BCUT2D eigenvalue weighted by Crippen LogP contribution is 2.35. The van der Waals surface area contributed by atoms with Crippen LogP contribution in [-0.4, -0.2) is 60.7 Å². The SMILES string of the molecule is Cc1nc(Nc2cc(C3CCNCC3F)c(C)cc2C=N)cc(N2CC3CC2CO3)n1. The van der Waals surface area contributed by atoms with Crippen LogP contribution in [0.2, 0.25) is 0 Å². The van der Waals surface area contributed by atoms with Gasteiger partial charge in [0.05, 0.1) is 18.8 Å². The number of ether oxygens (including phenoxy) is 1. The maximum atomic E-state index is 14.6. The first-order valence-electron chi connectivity index (χ1n) is 11.0. The van der Waals surface area contributed by atoms with Gasteiger partial charge in [0.2, 0.25) is 0 Å². The molecular weight excluding hydrogens is 395 g/mol. The minimum atomic E-state index is -0.910. The van der Waals surface area contributed by atoms with Gasteiger partial charge < -0.3 is 25.7 Å². The maximum absolute atomic E-state index is 14.6. The van der Waals surface area contributed by atoms with Crippen LogP contribution in [0, 0.1) is 19.3 Å². The Balaban J connectivity index is 1.46. The molecule has 1 aromatic carbocycles. The van der Waals surface area contributed by atoms with Crippen molar-refractivity contribution in [2.24, 2.45) is 0 Å². The lowest BCUT2D eigenvalue weighted by atomic mass is 9.85. The average molecular weight is 425 g/mol. The monoisotopic (exact) mass is 424 g/mol. The second-order valence-electron chi connectivity index (χ2n) is 8.84. The van der Waals surface area contributed by atoms with Gasteiger partial charge >= 0.3 is 0 Å². The minimum absolute atomic E-state index is 0.135. The standard InChI is InChI=1S/C23H29FN6O/c1-13-5-15(9-25)21(7-19(13)18-3-4-26-10-20(18)24)29-22-8-23(28-14(2)27-22)30-11-17-6-16(30)12-31-17/h5,7-9,16-18,20,25-26H,3-4,6,10-12H2,1-2H3,(H,27,28,29). The fourth-order valence-electron chi connectivity index (χ4n) is 5.13. The molecule has 164 valence electrons. The molecule has 1 aromatic heterocycles. The first kappa shape index (κ1) is 20.3. The average Bonchev–Trinajstić information content (AvgIpc) is 3.39. The molecule has 0 amide bonds. The van der Waals surface area contributed by atoms with Gasteiger partial charge in [0.1, 0.15) is 23.6 Å². The summed E-state index contributed by atoms with van der Waals surface area (Å²) in [6.45, 7) is 6.69.